The van der Waals surface area contributed by atoms with Crippen molar-refractivity contribution < 1.29 is 0 Å². The van der Waals surface area contributed by atoms with Crippen LogP contribution in [0.4, 0.5) is 0 Å². The van der Waals surface area contributed by atoms with Crippen LogP contribution in [0, 0.1) is 17.2 Å². The van der Waals surface area contributed by atoms with Crippen molar-refractivity contribution in [1.29, 1.82) is 5.26 Å². The van der Waals surface area contributed by atoms with Crippen LogP contribution < -0.4 is 5.32 Å². The topological polar surface area (TPSA) is 39.1 Å². The van der Waals surface area contributed by atoms with Crippen molar-refractivity contribution in [3.8, 4) is 6.07 Å². The number of nitrogens with zero attached hydrogens (tertiary/aromatic N) is 2. The lowest BCUT2D eigenvalue weighted by atomic mass is 10.0. The Bertz CT molecular complexity index is 318. The highest BCUT2D eigenvalue weighted by Gasteiger charge is 2.42. The minimum Gasteiger partial charge on any atom is -0.297 e. The molecule has 88 valence electrons. The predicted octanol–water partition coefficient (Wildman–Crippen LogP) is 1.50. The van der Waals surface area contributed by atoms with Gasteiger partial charge in [-0.3, -0.25) is 10.2 Å². The number of hydrogen-bond donors (Lipinski definition) is 1. The monoisotopic (exact) mass is 219 g/mol. The van der Waals surface area contributed by atoms with Gasteiger partial charge >= 0.3 is 0 Å². The Morgan fingerprint density at radius 1 is 1.38 bits per heavy atom. The molecule has 3 rings (SSSR count). The van der Waals surface area contributed by atoms with Gasteiger partial charge in [0.05, 0.1) is 6.07 Å². The fraction of sp³-hybridized carbons (Fsp3) is 0.923. The summed E-state index contributed by atoms with van der Waals surface area (Å²) in [6.07, 6.45) is 6.66. The second-order valence-corrected chi connectivity index (χ2v) is 6.12. The fourth-order valence-corrected chi connectivity index (χ4v) is 3.42. The first-order chi connectivity index (χ1) is 7.68. The van der Waals surface area contributed by atoms with E-state index in [1.54, 1.807) is 0 Å². The quantitative estimate of drug-likeness (QED) is 0.779. The largest absolute Gasteiger partial charge is 0.297 e. The minimum absolute atomic E-state index is 0.328. The molecular weight excluding hydrogens is 198 g/mol. The Morgan fingerprint density at radius 3 is 2.69 bits per heavy atom. The summed E-state index contributed by atoms with van der Waals surface area (Å²) < 4.78 is 0. The summed E-state index contributed by atoms with van der Waals surface area (Å²) in [6.45, 7) is 4.22. The van der Waals surface area contributed by atoms with Crippen LogP contribution in [0.15, 0.2) is 0 Å². The average Bonchev–Trinajstić information content (AvgIpc) is 2.83. The van der Waals surface area contributed by atoms with Gasteiger partial charge in [0.25, 0.3) is 0 Å². The van der Waals surface area contributed by atoms with Crippen LogP contribution in [0.2, 0.25) is 0 Å². The van der Waals surface area contributed by atoms with Gasteiger partial charge in [-0.1, -0.05) is 0 Å². The second kappa shape index (κ2) is 3.72. The SMILES string of the molecule is CC(C#N)(CN1CC2CCC1C2)NC1CC1. The van der Waals surface area contributed by atoms with E-state index in [9.17, 15) is 5.26 Å². The smallest absolute Gasteiger partial charge is 0.116 e. The van der Waals surface area contributed by atoms with Crippen molar-refractivity contribution in [2.24, 2.45) is 5.92 Å². The Kier molecular flexibility index (Phi) is 2.45. The van der Waals surface area contributed by atoms with Gasteiger partial charge < -0.3 is 0 Å². The van der Waals surface area contributed by atoms with Gasteiger partial charge in [-0.05, 0) is 44.9 Å². The van der Waals surface area contributed by atoms with E-state index in [2.05, 4.69) is 23.2 Å². The molecule has 0 spiro atoms. The van der Waals surface area contributed by atoms with E-state index in [-0.39, 0.29) is 5.54 Å². The van der Waals surface area contributed by atoms with Gasteiger partial charge in [0.1, 0.15) is 5.54 Å². The molecule has 3 aliphatic rings. The predicted molar refractivity (Wildman–Crippen MR) is 62.9 cm³/mol. The van der Waals surface area contributed by atoms with E-state index in [0.29, 0.717) is 6.04 Å². The first kappa shape index (κ1) is 10.6. The minimum atomic E-state index is -0.328. The molecule has 2 saturated carbocycles. The Balaban J connectivity index is 1.61. The van der Waals surface area contributed by atoms with Gasteiger partial charge in [0.15, 0.2) is 0 Å². The van der Waals surface area contributed by atoms with Gasteiger partial charge in [0.2, 0.25) is 0 Å². The summed E-state index contributed by atoms with van der Waals surface area (Å²) in [4.78, 5) is 2.55. The molecule has 16 heavy (non-hydrogen) atoms. The maximum Gasteiger partial charge on any atom is 0.116 e. The molecule has 1 N–H and O–H groups in total. The van der Waals surface area contributed by atoms with Crippen LogP contribution in [0.5, 0.6) is 0 Å². The Morgan fingerprint density at radius 2 is 2.19 bits per heavy atom. The Labute approximate surface area is 97.8 Å². The summed E-state index contributed by atoms with van der Waals surface area (Å²) in [6, 6.07) is 3.88. The molecule has 3 nitrogen and oxygen atoms in total. The van der Waals surface area contributed by atoms with Crippen LogP contribution in [0.3, 0.4) is 0 Å². The number of fused-ring (bicyclic) bond motifs is 2. The Hall–Kier alpha value is -0.590. The molecule has 3 unspecified atom stereocenters. The second-order valence-electron chi connectivity index (χ2n) is 6.12. The van der Waals surface area contributed by atoms with E-state index in [1.807, 2.05) is 0 Å². The van der Waals surface area contributed by atoms with Crippen LogP contribution in [-0.4, -0.2) is 35.6 Å². The normalized spacial score (nSPS) is 37.2. The van der Waals surface area contributed by atoms with Crippen LogP contribution >= 0.6 is 0 Å². The molecule has 2 aliphatic carbocycles. The van der Waals surface area contributed by atoms with Gasteiger partial charge in [-0.2, -0.15) is 5.26 Å². The molecule has 3 atom stereocenters. The molecule has 1 heterocycles. The van der Waals surface area contributed by atoms with Crippen molar-refractivity contribution >= 4 is 0 Å². The third kappa shape index (κ3) is 1.97. The summed E-state index contributed by atoms with van der Waals surface area (Å²) in [5.41, 5.74) is -0.328. The average molecular weight is 219 g/mol. The van der Waals surface area contributed by atoms with E-state index in [0.717, 1.165) is 18.5 Å². The third-order valence-corrected chi connectivity index (χ3v) is 4.39. The molecule has 0 aromatic rings. The number of nitriles is 1. The lowest BCUT2D eigenvalue weighted by molar-refractivity contribution is 0.174. The van der Waals surface area contributed by atoms with E-state index < -0.39 is 0 Å². The molecular formula is C13H21N3. The number of nitrogens with one attached hydrogen (secondary N) is 1. The van der Waals surface area contributed by atoms with E-state index in [4.69, 9.17) is 0 Å². The molecule has 0 aromatic carbocycles. The zero-order valence-electron chi connectivity index (χ0n) is 10.1. The first-order valence-corrected chi connectivity index (χ1v) is 6.61. The number of rotatable bonds is 4. The van der Waals surface area contributed by atoms with Crippen molar-refractivity contribution in [2.45, 2.75) is 56.7 Å². The van der Waals surface area contributed by atoms with Crippen LogP contribution in [0.25, 0.3) is 0 Å². The molecule has 0 amide bonds. The van der Waals surface area contributed by atoms with Crippen molar-refractivity contribution in [2.75, 3.05) is 13.1 Å². The zero-order valence-corrected chi connectivity index (χ0v) is 10.1. The maximum atomic E-state index is 9.35. The summed E-state index contributed by atoms with van der Waals surface area (Å²) in [7, 11) is 0. The van der Waals surface area contributed by atoms with E-state index >= 15 is 0 Å². The maximum absolute atomic E-state index is 9.35. The highest BCUT2D eigenvalue weighted by molar-refractivity contribution is 5.10. The number of likely N-dealkylation sites (tertiary alicyclic amines) is 1. The highest BCUT2D eigenvalue weighted by atomic mass is 15.2. The summed E-state index contributed by atoms with van der Waals surface area (Å²) in [5.74, 6) is 0.925. The summed E-state index contributed by atoms with van der Waals surface area (Å²) >= 11 is 0. The molecule has 0 radical (unpaired) electrons. The first-order valence-electron chi connectivity index (χ1n) is 6.61. The van der Waals surface area contributed by atoms with Crippen LogP contribution in [0.1, 0.15) is 39.0 Å². The lowest BCUT2D eigenvalue weighted by Gasteiger charge is -2.34. The highest BCUT2D eigenvalue weighted by Crippen LogP contribution is 2.38. The molecule has 1 aliphatic heterocycles. The molecule has 1 saturated heterocycles. The molecule has 3 fully saturated rings. The molecule has 0 aromatic heterocycles. The number of piperidine rings is 1. The fourth-order valence-electron chi connectivity index (χ4n) is 3.42. The van der Waals surface area contributed by atoms with Crippen molar-refractivity contribution in [1.82, 2.24) is 10.2 Å². The summed E-state index contributed by atoms with van der Waals surface area (Å²) in [5, 5.41) is 12.9. The lowest BCUT2D eigenvalue weighted by Crippen LogP contribution is -2.52. The molecule has 3 heteroatoms. The van der Waals surface area contributed by atoms with E-state index in [1.165, 1.54) is 38.6 Å². The van der Waals surface area contributed by atoms with Gasteiger partial charge in [-0.15, -0.1) is 0 Å². The van der Waals surface area contributed by atoms with Gasteiger partial charge in [0, 0.05) is 25.2 Å². The van der Waals surface area contributed by atoms with Crippen LogP contribution in [-0.2, 0) is 0 Å². The van der Waals surface area contributed by atoms with Crippen molar-refractivity contribution in [3.63, 3.8) is 0 Å². The van der Waals surface area contributed by atoms with Gasteiger partial charge in [-0.25, -0.2) is 0 Å². The standard InChI is InChI=1S/C13H21N3/c1-13(8-14,15-11-3-4-11)9-16-7-10-2-5-12(16)6-10/h10-12,15H,2-7,9H2,1H3. The molecule has 2 bridgehead atoms. The zero-order chi connectivity index (χ0) is 11.2. The third-order valence-electron chi connectivity index (χ3n) is 4.39. The number of hydrogen-bond acceptors (Lipinski definition) is 3. The van der Waals surface area contributed by atoms with Crippen molar-refractivity contribution in [3.05, 3.63) is 0 Å².